The van der Waals surface area contributed by atoms with E-state index in [9.17, 15) is 4.79 Å². The molecule has 0 saturated carbocycles. The van der Waals surface area contributed by atoms with Crippen molar-refractivity contribution in [3.63, 3.8) is 0 Å². The van der Waals surface area contributed by atoms with Gasteiger partial charge in [-0.1, -0.05) is 17.3 Å². The fourth-order valence-corrected chi connectivity index (χ4v) is 4.32. The number of fused-ring (bicyclic) bond motifs is 1. The lowest BCUT2D eigenvalue weighted by atomic mass is 9.92. The van der Waals surface area contributed by atoms with Crippen LogP contribution in [-0.2, 0) is 17.8 Å². The third-order valence-electron chi connectivity index (χ3n) is 6.22. The number of aryl methyl sites for hydroxylation is 2. The van der Waals surface area contributed by atoms with Crippen LogP contribution < -0.4 is 10.1 Å². The molecule has 2 atom stereocenters. The van der Waals surface area contributed by atoms with Crippen molar-refractivity contribution in [1.29, 1.82) is 0 Å². The highest BCUT2D eigenvalue weighted by Gasteiger charge is 2.31. The zero-order valence-electron chi connectivity index (χ0n) is 17.1. The first-order chi connectivity index (χ1) is 13.6. The van der Waals surface area contributed by atoms with Gasteiger partial charge in [0.15, 0.2) is 0 Å². The molecule has 2 fully saturated rings. The van der Waals surface area contributed by atoms with E-state index in [2.05, 4.69) is 15.4 Å². The number of amides is 1. The second kappa shape index (κ2) is 9.63. The lowest BCUT2D eigenvalue weighted by Gasteiger charge is -2.21. The maximum atomic E-state index is 12.7. The normalized spacial score (nSPS) is 21.2. The molecule has 0 radical (unpaired) electrons. The standard InChI is InChI=1S/C22H29N3O3.ClH/c1-15-21(16(2)28-24-15)14-27-20-5-3-17(4-6-20)11-22(26)25-9-7-18-12-23-13-19(18)8-10-25;/h3-6,18-19,23H,7-14H2,1-2H3;1H/t18-,19+;. The minimum Gasteiger partial charge on any atom is -0.489 e. The number of nitrogens with zero attached hydrogens (tertiary/aromatic N) is 2. The van der Waals surface area contributed by atoms with Gasteiger partial charge in [0, 0.05) is 13.1 Å². The van der Waals surface area contributed by atoms with E-state index in [4.69, 9.17) is 9.26 Å². The molecule has 0 spiro atoms. The molecule has 7 heteroatoms. The third-order valence-corrected chi connectivity index (χ3v) is 6.22. The van der Waals surface area contributed by atoms with E-state index in [0.29, 0.717) is 13.0 Å². The number of hydrogen-bond acceptors (Lipinski definition) is 5. The number of likely N-dealkylation sites (tertiary alicyclic amines) is 1. The van der Waals surface area contributed by atoms with E-state index in [-0.39, 0.29) is 18.3 Å². The van der Waals surface area contributed by atoms with Crippen LogP contribution in [0.5, 0.6) is 5.75 Å². The molecule has 1 aromatic carbocycles. The van der Waals surface area contributed by atoms with Crippen molar-refractivity contribution >= 4 is 18.3 Å². The van der Waals surface area contributed by atoms with Crippen LogP contribution in [0.15, 0.2) is 28.8 Å². The molecule has 4 rings (SSSR count). The number of benzene rings is 1. The number of aromatic nitrogens is 1. The Morgan fingerprint density at radius 2 is 1.83 bits per heavy atom. The Morgan fingerprint density at radius 3 is 2.41 bits per heavy atom. The number of halogens is 1. The number of ether oxygens (including phenoxy) is 1. The fraction of sp³-hybridized carbons (Fsp3) is 0.545. The van der Waals surface area contributed by atoms with E-state index < -0.39 is 0 Å². The summed E-state index contributed by atoms with van der Waals surface area (Å²) in [5.41, 5.74) is 2.87. The fourth-order valence-electron chi connectivity index (χ4n) is 4.32. The first-order valence-corrected chi connectivity index (χ1v) is 10.2. The SMILES string of the molecule is Cc1noc(C)c1COc1ccc(CC(=O)N2CC[C@@H]3CNC[C@@H]3CC2)cc1.Cl. The number of nitrogens with one attached hydrogen (secondary N) is 1. The molecular formula is C22H30ClN3O3. The molecule has 0 bridgehead atoms. The third kappa shape index (κ3) is 5.11. The van der Waals surface area contributed by atoms with Crippen LogP contribution in [0.3, 0.4) is 0 Å². The zero-order chi connectivity index (χ0) is 19.5. The van der Waals surface area contributed by atoms with Gasteiger partial charge in [0.1, 0.15) is 18.1 Å². The van der Waals surface area contributed by atoms with Gasteiger partial charge in [-0.05, 0) is 69.3 Å². The van der Waals surface area contributed by atoms with Crippen molar-refractivity contribution < 1.29 is 14.1 Å². The van der Waals surface area contributed by atoms with Gasteiger partial charge in [0.2, 0.25) is 5.91 Å². The van der Waals surface area contributed by atoms with Crippen LogP contribution in [0.4, 0.5) is 0 Å². The lowest BCUT2D eigenvalue weighted by molar-refractivity contribution is -0.130. The van der Waals surface area contributed by atoms with Gasteiger partial charge in [0.05, 0.1) is 17.7 Å². The van der Waals surface area contributed by atoms with E-state index in [1.807, 2.05) is 38.1 Å². The average molecular weight is 420 g/mol. The Bertz CT molecular complexity index is 788. The van der Waals surface area contributed by atoms with Crippen molar-refractivity contribution in [2.45, 2.75) is 39.7 Å². The van der Waals surface area contributed by atoms with Gasteiger partial charge < -0.3 is 19.5 Å². The number of carbonyl (C=O) groups is 1. The first-order valence-electron chi connectivity index (χ1n) is 10.2. The summed E-state index contributed by atoms with van der Waals surface area (Å²) >= 11 is 0. The zero-order valence-corrected chi connectivity index (χ0v) is 18.0. The summed E-state index contributed by atoms with van der Waals surface area (Å²) in [5, 5.41) is 7.43. The van der Waals surface area contributed by atoms with Gasteiger partial charge in [-0.25, -0.2) is 0 Å². The van der Waals surface area contributed by atoms with Crippen molar-refractivity contribution in [2.24, 2.45) is 11.8 Å². The summed E-state index contributed by atoms with van der Waals surface area (Å²) < 4.78 is 11.0. The first kappa shape index (κ1) is 21.7. The van der Waals surface area contributed by atoms with Crippen molar-refractivity contribution in [3.8, 4) is 5.75 Å². The maximum Gasteiger partial charge on any atom is 0.226 e. The van der Waals surface area contributed by atoms with Crippen molar-refractivity contribution in [3.05, 3.63) is 46.8 Å². The van der Waals surface area contributed by atoms with E-state index in [0.717, 1.165) is 79.2 Å². The van der Waals surface area contributed by atoms with Crippen LogP contribution in [0.2, 0.25) is 0 Å². The Balaban J connectivity index is 0.00000240. The monoisotopic (exact) mass is 419 g/mol. The molecule has 0 aliphatic carbocycles. The predicted octanol–water partition coefficient (Wildman–Crippen LogP) is 3.29. The molecule has 0 unspecified atom stereocenters. The van der Waals surface area contributed by atoms with Gasteiger partial charge in [-0.2, -0.15) is 0 Å². The highest BCUT2D eigenvalue weighted by molar-refractivity contribution is 5.85. The quantitative estimate of drug-likeness (QED) is 0.805. The average Bonchev–Trinajstić information content (AvgIpc) is 3.21. The highest BCUT2D eigenvalue weighted by Crippen LogP contribution is 2.27. The molecule has 2 aliphatic rings. The van der Waals surface area contributed by atoms with E-state index in [1.165, 1.54) is 0 Å². The minimum atomic E-state index is 0. The lowest BCUT2D eigenvalue weighted by Crippen LogP contribution is -2.33. The van der Waals surface area contributed by atoms with Gasteiger partial charge >= 0.3 is 0 Å². The molecule has 6 nitrogen and oxygen atoms in total. The second-order valence-corrected chi connectivity index (χ2v) is 8.05. The Kier molecular flexibility index (Phi) is 7.19. The highest BCUT2D eigenvalue weighted by atomic mass is 35.5. The largest absolute Gasteiger partial charge is 0.489 e. The van der Waals surface area contributed by atoms with Crippen molar-refractivity contribution in [2.75, 3.05) is 26.2 Å². The maximum absolute atomic E-state index is 12.7. The molecule has 158 valence electrons. The summed E-state index contributed by atoms with van der Waals surface area (Å²) in [5.74, 6) is 3.29. The summed E-state index contributed by atoms with van der Waals surface area (Å²) in [7, 11) is 0. The van der Waals surface area contributed by atoms with Crippen LogP contribution in [-0.4, -0.2) is 42.1 Å². The van der Waals surface area contributed by atoms with Crippen LogP contribution >= 0.6 is 12.4 Å². The summed E-state index contributed by atoms with van der Waals surface area (Å²) in [6, 6.07) is 7.83. The molecule has 1 N–H and O–H groups in total. The van der Waals surface area contributed by atoms with Crippen LogP contribution in [0, 0.1) is 25.7 Å². The minimum absolute atomic E-state index is 0. The van der Waals surface area contributed by atoms with Crippen LogP contribution in [0.25, 0.3) is 0 Å². The molecular weight excluding hydrogens is 390 g/mol. The van der Waals surface area contributed by atoms with Crippen LogP contribution in [0.1, 0.15) is 35.4 Å². The van der Waals surface area contributed by atoms with Crippen molar-refractivity contribution in [1.82, 2.24) is 15.4 Å². The molecule has 3 heterocycles. The number of carbonyl (C=O) groups excluding carboxylic acids is 1. The predicted molar refractivity (Wildman–Crippen MR) is 113 cm³/mol. The molecule has 1 aromatic heterocycles. The van der Waals surface area contributed by atoms with Gasteiger partial charge in [-0.15, -0.1) is 12.4 Å². The van der Waals surface area contributed by atoms with E-state index in [1.54, 1.807) is 0 Å². The molecule has 1 amide bonds. The molecule has 29 heavy (non-hydrogen) atoms. The number of rotatable bonds is 5. The number of hydrogen-bond donors (Lipinski definition) is 1. The molecule has 2 aliphatic heterocycles. The van der Waals surface area contributed by atoms with E-state index >= 15 is 0 Å². The van der Waals surface area contributed by atoms with Gasteiger partial charge in [0.25, 0.3) is 0 Å². The summed E-state index contributed by atoms with van der Waals surface area (Å²) in [6.07, 6.45) is 2.70. The summed E-state index contributed by atoms with van der Waals surface area (Å²) in [6.45, 7) is 8.24. The Hall–Kier alpha value is -2.05. The smallest absolute Gasteiger partial charge is 0.226 e. The molecule has 2 aromatic rings. The molecule has 2 saturated heterocycles. The topological polar surface area (TPSA) is 67.6 Å². The Morgan fingerprint density at radius 1 is 1.17 bits per heavy atom. The summed E-state index contributed by atoms with van der Waals surface area (Å²) in [4.78, 5) is 14.8. The van der Waals surface area contributed by atoms with Gasteiger partial charge in [-0.3, -0.25) is 4.79 Å². The Labute approximate surface area is 178 Å². The second-order valence-electron chi connectivity index (χ2n) is 8.05.